The van der Waals surface area contributed by atoms with Crippen molar-refractivity contribution in [3.8, 4) is 0 Å². The van der Waals surface area contributed by atoms with E-state index in [1.165, 1.54) is 19.1 Å². The van der Waals surface area contributed by atoms with Crippen LogP contribution in [0.15, 0.2) is 48.1 Å². The van der Waals surface area contributed by atoms with E-state index < -0.39 is 29.2 Å². The number of ketones is 1. The summed E-state index contributed by atoms with van der Waals surface area (Å²) >= 11 is 0. The summed E-state index contributed by atoms with van der Waals surface area (Å²) in [5, 5.41) is 20.0. The summed E-state index contributed by atoms with van der Waals surface area (Å²) in [5.74, 6) is -0.492. The first kappa shape index (κ1) is 15.5. The Morgan fingerprint density at radius 2 is 1.76 bits per heavy atom. The average Bonchev–Trinajstić information content (AvgIpc) is 2.40. The lowest BCUT2D eigenvalue weighted by Gasteiger charge is -2.23. The molecule has 21 heavy (non-hydrogen) atoms. The quantitative estimate of drug-likeness (QED) is 0.882. The molecule has 0 saturated carbocycles. The van der Waals surface area contributed by atoms with Crippen LogP contribution in [-0.4, -0.2) is 21.6 Å². The van der Waals surface area contributed by atoms with Gasteiger partial charge in [0, 0.05) is 5.57 Å². The van der Waals surface area contributed by atoms with Gasteiger partial charge in [0.2, 0.25) is 0 Å². The Morgan fingerprint density at radius 3 is 2.29 bits per heavy atom. The van der Waals surface area contributed by atoms with Crippen LogP contribution in [0.4, 0.5) is 13.2 Å². The molecule has 1 aliphatic rings. The molecule has 6 heteroatoms. The lowest BCUT2D eigenvalue weighted by molar-refractivity contribution is -0.137. The fourth-order valence-electron chi connectivity index (χ4n) is 2.02. The minimum absolute atomic E-state index is 0.0674. The van der Waals surface area contributed by atoms with Crippen LogP contribution in [0, 0.1) is 0 Å². The zero-order valence-electron chi connectivity index (χ0n) is 11.1. The molecule has 2 atom stereocenters. The van der Waals surface area contributed by atoms with E-state index in [1.54, 1.807) is 0 Å². The second-order valence-electron chi connectivity index (χ2n) is 5.05. The maximum atomic E-state index is 12.5. The van der Waals surface area contributed by atoms with Crippen molar-refractivity contribution in [2.24, 2.45) is 0 Å². The van der Waals surface area contributed by atoms with Gasteiger partial charge in [-0.05, 0) is 42.8 Å². The van der Waals surface area contributed by atoms with E-state index in [1.807, 2.05) is 0 Å². The molecule has 112 valence electrons. The lowest BCUT2D eigenvalue weighted by Crippen LogP contribution is -2.25. The zero-order valence-corrected chi connectivity index (χ0v) is 11.1. The van der Waals surface area contributed by atoms with E-state index in [4.69, 9.17) is 0 Å². The zero-order chi connectivity index (χ0) is 15.8. The number of carbonyl (C=O) groups is 1. The predicted molar refractivity (Wildman–Crippen MR) is 69.3 cm³/mol. The molecule has 0 bridgehead atoms. The molecule has 0 aliphatic heterocycles. The molecule has 2 N–H and O–H groups in total. The van der Waals surface area contributed by atoms with E-state index in [0.717, 1.165) is 30.3 Å². The Balaban J connectivity index is 2.30. The van der Waals surface area contributed by atoms with Crippen molar-refractivity contribution in [3.63, 3.8) is 0 Å². The molecule has 2 rings (SSSR count). The Morgan fingerprint density at radius 1 is 1.19 bits per heavy atom. The molecule has 0 saturated heterocycles. The molecule has 1 aliphatic carbocycles. The van der Waals surface area contributed by atoms with Crippen molar-refractivity contribution in [2.45, 2.75) is 24.8 Å². The van der Waals surface area contributed by atoms with Gasteiger partial charge in [-0.1, -0.05) is 12.1 Å². The third-order valence-corrected chi connectivity index (χ3v) is 3.15. The van der Waals surface area contributed by atoms with Crippen LogP contribution in [0.3, 0.4) is 0 Å². The third-order valence-electron chi connectivity index (χ3n) is 3.15. The number of aliphatic hydroxyl groups excluding tert-OH is 1. The van der Waals surface area contributed by atoms with Crippen LogP contribution in [-0.2, 0) is 11.0 Å². The molecule has 0 amide bonds. The number of carbonyl (C=O) groups excluding carboxylic acids is 1. The number of halogens is 3. The first-order chi connectivity index (χ1) is 9.60. The van der Waals surface area contributed by atoms with Crippen LogP contribution in [0.2, 0.25) is 0 Å². The van der Waals surface area contributed by atoms with Crippen molar-refractivity contribution >= 4 is 5.78 Å². The molecule has 0 radical (unpaired) electrons. The van der Waals surface area contributed by atoms with Crippen LogP contribution in [0.5, 0.6) is 0 Å². The molecule has 1 aromatic carbocycles. The normalized spacial score (nSPS) is 23.9. The first-order valence-electron chi connectivity index (χ1n) is 6.14. The van der Waals surface area contributed by atoms with E-state index >= 15 is 0 Å². The van der Waals surface area contributed by atoms with Gasteiger partial charge < -0.3 is 10.2 Å². The summed E-state index contributed by atoms with van der Waals surface area (Å²) < 4.78 is 37.4. The monoisotopic (exact) mass is 298 g/mol. The minimum Gasteiger partial charge on any atom is -0.384 e. The number of allylic oxidation sites excluding steroid dienone is 1. The Bertz CT molecular complexity index is 610. The fourth-order valence-corrected chi connectivity index (χ4v) is 2.02. The van der Waals surface area contributed by atoms with E-state index in [0.29, 0.717) is 0 Å². The number of rotatable bonds is 2. The summed E-state index contributed by atoms with van der Waals surface area (Å²) in [4.78, 5) is 11.7. The molecule has 0 aromatic heterocycles. The highest BCUT2D eigenvalue weighted by Crippen LogP contribution is 2.32. The first-order valence-corrected chi connectivity index (χ1v) is 6.14. The van der Waals surface area contributed by atoms with Gasteiger partial charge in [0.25, 0.3) is 0 Å². The molecular weight excluding hydrogens is 285 g/mol. The second-order valence-corrected chi connectivity index (χ2v) is 5.05. The highest BCUT2D eigenvalue weighted by atomic mass is 19.4. The van der Waals surface area contributed by atoms with Crippen molar-refractivity contribution in [1.29, 1.82) is 0 Å². The molecule has 0 fully saturated rings. The van der Waals surface area contributed by atoms with Crippen LogP contribution in [0.25, 0.3) is 0 Å². The van der Waals surface area contributed by atoms with Crippen molar-refractivity contribution < 1.29 is 28.2 Å². The minimum atomic E-state index is -4.46. The van der Waals surface area contributed by atoms with Gasteiger partial charge in [-0.25, -0.2) is 0 Å². The van der Waals surface area contributed by atoms with Gasteiger partial charge in [0.1, 0.15) is 6.10 Å². The largest absolute Gasteiger partial charge is 0.416 e. The topological polar surface area (TPSA) is 57.5 Å². The average molecular weight is 298 g/mol. The molecule has 1 aromatic rings. The van der Waals surface area contributed by atoms with Gasteiger partial charge in [-0.2, -0.15) is 13.2 Å². The van der Waals surface area contributed by atoms with Gasteiger partial charge in [-0.3, -0.25) is 4.79 Å². The van der Waals surface area contributed by atoms with E-state index in [9.17, 15) is 28.2 Å². The second kappa shape index (κ2) is 5.13. The molecule has 0 spiro atoms. The number of hydrogen-bond acceptors (Lipinski definition) is 3. The number of alkyl halides is 3. The smallest absolute Gasteiger partial charge is 0.384 e. The van der Waals surface area contributed by atoms with Crippen LogP contribution in [0.1, 0.15) is 24.2 Å². The SMILES string of the molecule is C[C@]1(O)C=CC(=O)C([C@H](O)c2ccc(C(F)(F)F)cc2)=C1. The summed E-state index contributed by atoms with van der Waals surface area (Å²) in [6.45, 7) is 1.43. The van der Waals surface area contributed by atoms with E-state index in [2.05, 4.69) is 0 Å². The predicted octanol–water partition coefficient (Wildman–Crippen LogP) is 2.56. The number of benzene rings is 1. The molecular formula is C15H13F3O3. The Hall–Kier alpha value is -1.92. The maximum absolute atomic E-state index is 12.5. The summed E-state index contributed by atoms with van der Waals surface area (Å²) in [5.41, 5.74) is -2.14. The molecule has 3 nitrogen and oxygen atoms in total. The van der Waals surface area contributed by atoms with Gasteiger partial charge in [0.15, 0.2) is 5.78 Å². The third kappa shape index (κ3) is 3.40. The number of hydrogen-bond donors (Lipinski definition) is 2. The summed E-state index contributed by atoms with van der Waals surface area (Å²) in [6, 6.07) is 3.88. The molecule has 0 unspecified atom stereocenters. The standard InChI is InChI=1S/C15H13F3O3/c1-14(21)7-6-12(19)11(8-14)13(20)9-2-4-10(5-3-9)15(16,17)18/h2-8,13,20-21H,1H3/t13-,14+/m1/s1. The van der Waals surface area contributed by atoms with E-state index in [-0.39, 0.29) is 11.1 Å². The highest BCUT2D eigenvalue weighted by molar-refractivity contribution is 6.06. The lowest BCUT2D eigenvalue weighted by atomic mass is 9.88. The maximum Gasteiger partial charge on any atom is 0.416 e. The van der Waals surface area contributed by atoms with Gasteiger partial charge >= 0.3 is 6.18 Å². The van der Waals surface area contributed by atoms with Gasteiger partial charge in [0.05, 0.1) is 11.2 Å². The Kier molecular flexibility index (Phi) is 3.78. The summed E-state index contributed by atoms with van der Waals surface area (Å²) in [7, 11) is 0. The number of aliphatic hydroxyl groups is 2. The Labute approximate surface area is 119 Å². The fraction of sp³-hybridized carbons (Fsp3) is 0.267. The van der Waals surface area contributed by atoms with Crippen molar-refractivity contribution in [3.05, 3.63) is 59.2 Å². The molecule has 0 heterocycles. The van der Waals surface area contributed by atoms with Crippen molar-refractivity contribution in [1.82, 2.24) is 0 Å². The highest BCUT2D eigenvalue weighted by Gasteiger charge is 2.31. The van der Waals surface area contributed by atoms with Crippen LogP contribution >= 0.6 is 0 Å². The van der Waals surface area contributed by atoms with Crippen LogP contribution < -0.4 is 0 Å². The summed E-state index contributed by atoms with van der Waals surface area (Å²) in [6.07, 6.45) is -2.26. The van der Waals surface area contributed by atoms with Crippen molar-refractivity contribution in [2.75, 3.05) is 0 Å². The van der Waals surface area contributed by atoms with Gasteiger partial charge in [-0.15, -0.1) is 0 Å².